The molecule has 1 heterocycles. The van der Waals surface area contributed by atoms with Gasteiger partial charge in [0.1, 0.15) is 0 Å². The number of nitrogens with zero attached hydrogens (tertiary/aromatic N) is 1. The van der Waals surface area contributed by atoms with Crippen LogP contribution in [-0.4, -0.2) is 29.5 Å². The molecule has 2 fully saturated rings. The number of carbonyl (C=O) groups excluding carboxylic acids is 1. The highest BCUT2D eigenvalue weighted by molar-refractivity contribution is 5.70. The molecule has 2 nitrogen and oxygen atoms in total. The Morgan fingerprint density at radius 3 is 2.50 bits per heavy atom. The number of amides is 1. The summed E-state index contributed by atoms with van der Waals surface area (Å²) in [7, 11) is 0. The largest absolute Gasteiger partial charge is 0.314 e. The van der Waals surface area contributed by atoms with E-state index in [1.165, 1.54) is 25.7 Å². The Morgan fingerprint density at radius 1 is 1.29 bits per heavy atom. The summed E-state index contributed by atoms with van der Waals surface area (Å²) < 4.78 is 0.858. The van der Waals surface area contributed by atoms with E-state index in [0.29, 0.717) is 11.9 Å². The van der Waals surface area contributed by atoms with Crippen LogP contribution in [0.25, 0.3) is 0 Å². The Labute approximate surface area is 86.9 Å². The number of quaternary nitrogens is 1. The highest BCUT2D eigenvalue weighted by Crippen LogP contribution is 2.34. The van der Waals surface area contributed by atoms with Gasteiger partial charge in [0.15, 0.2) is 0 Å². The van der Waals surface area contributed by atoms with Gasteiger partial charge >= 0.3 is 5.91 Å². The van der Waals surface area contributed by atoms with Crippen molar-refractivity contribution >= 4 is 5.91 Å². The van der Waals surface area contributed by atoms with Crippen molar-refractivity contribution in [1.29, 1.82) is 0 Å². The van der Waals surface area contributed by atoms with Crippen LogP contribution < -0.4 is 0 Å². The number of hydrogen-bond acceptors (Lipinski definition) is 1. The van der Waals surface area contributed by atoms with E-state index in [1.54, 1.807) is 0 Å². The van der Waals surface area contributed by atoms with Crippen LogP contribution in [0, 0.1) is 0 Å². The minimum atomic E-state index is 0.541. The van der Waals surface area contributed by atoms with Gasteiger partial charge in [0.05, 0.1) is 25.6 Å². The fourth-order valence-electron chi connectivity index (χ4n) is 3.46. The SMILES string of the molecule is CCC[N+]1(C2CCCC2)CCCC1=O. The molecule has 0 N–H and O–H groups in total. The zero-order valence-electron chi connectivity index (χ0n) is 9.30. The second kappa shape index (κ2) is 4.01. The van der Waals surface area contributed by atoms with Crippen molar-refractivity contribution in [3.8, 4) is 0 Å². The van der Waals surface area contributed by atoms with Crippen molar-refractivity contribution in [2.45, 2.75) is 57.9 Å². The van der Waals surface area contributed by atoms with Crippen LogP contribution in [0.2, 0.25) is 0 Å². The molecule has 0 aromatic heterocycles. The molecule has 1 saturated heterocycles. The maximum atomic E-state index is 12.0. The Balaban J connectivity index is 2.15. The van der Waals surface area contributed by atoms with E-state index in [0.717, 1.165) is 36.8 Å². The van der Waals surface area contributed by atoms with E-state index in [2.05, 4.69) is 6.92 Å². The Morgan fingerprint density at radius 2 is 2.00 bits per heavy atom. The summed E-state index contributed by atoms with van der Waals surface area (Å²) in [5, 5.41) is 0. The number of carbonyl (C=O) groups is 1. The third kappa shape index (κ3) is 1.50. The van der Waals surface area contributed by atoms with Gasteiger partial charge in [-0.15, -0.1) is 0 Å². The normalized spacial score (nSPS) is 34.2. The van der Waals surface area contributed by atoms with Gasteiger partial charge in [-0.05, 0) is 32.1 Å². The molecule has 0 aromatic rings. The predicted molar refractivity (Wildman–Crippen MR) is 56.8 cm³/mol. The van der Waals surface area contributed by atoms with Crippen LogP contribution in [0.3, 0.4) is 0 Å². The van der Waals surface area contributed by atoms with Crippen LogP contribution in [0.15, 0.2) is 0 Å². The second-order valence-corrected chi connectivity index (χ2v) is 4.92. The molecule has 2 rings (SSSR count). The van der Waals surface area contributed by atoms with Gasteiger partial charge < -0.3 is 0 Å². The summed E-state index contributed by atoms with van der Waals surface area (Å²) >= 11 is 0. The molecule has 0 bridgehead atoms. The molecule has 1 atom stereocenters. The first-order valence-electron chi connectivity index (χ1n) is 6.20. The minimum absolute atomic E-state index is 0.541. The topological polar surface area (TPSA) is 17.1 Å². The van der Waals surface area contributed by atoms with Crippen molar-refractivity contribution < 1.29 is 9.28 Å². The van der Waals surface area contributed by atoms with E-state index in [1.807, 2.05) is 0 Å². The summed E-state index contributed by atoms with van der Waals surface area (Å²) in [6, 6.07) is 0.685. The molecule has 0 radical (unpaired) electrons. The molecule has 80 valence electrons. The third-order valence-electron chi connectivity index (χ3n) is 4.09. The van der Waals surface area contributed by atoms with Gasteiger partial charge in [0, 0.05) is 6.42 Å². The molecule has 1 aliphatic heterocycles. The second-order valence-electron chi connectivity index (χ2n) is 4.92. The summed E-state index contributed by atoms with van der Waals surface area (Å²) in [5.74, 6) is 0.541. The number of rotatable bonds is 3. The van der Waals surface area contributed by atoms with Gasteiger partial charge in [-0.3, -0.25) is 4.48 Å². The van der Waals surface area contributed by atoms with Gasteiger partial charge in [0.25, 0.3) is 0 Å². The van der Waals surface area contributed by atoms with E-state index in [4.69, 9.17) is 0 Å². The lowest BCUT2D eigenvalue weighted by molar-refractivity contribution is -0.871. The van der Waals surface area contributed by atoms with Crippen LogP contribution in [-0.2, 0) is 4.79 Å². The van der Waals surface area contributed by atoms with E-state index in [9.17, 15) is 4.79 Å². The first-order valence-corrected chi connectivity index (χ1v) is 6.20. The molecule has 1 amide bonds. The van der Waals surface area contributed by atoms with E-state index >= 15 is 0 Å². The molecule has 1 saturated carbocycles. The monoisotopic (exact) mass is 196 g/mol. The Kier molecular flexibility index (Phi) is 2.91. The van der Waals surface area contributed by atoms with Crippen molar-refractivity contribution in [3.05, 3.63) is 0 Å². The van der Waals surface area contributed by atoms with Crippen LogP contribution >= 0.6 is 0 Å². The van der Waals surface area contributed by atoms with E-state index in [-0.39, 0.29) is 0 Å². The molecule has 2 heteroatoms. The lowest BCUT2D eigenvalue weighted by Crippen LogP contribution is -2.55. The molecule has 14 heavy (non-hydrogen) atoms. The average molecular weight is 196 g/mol. The first-order chi connectivity index (χ1) is 6.79. The zero-order valence-corrected chi connectivity index (χ0v) is 9.30. The Bertz CT molecular complexity index is 220. The zero-order chi connectivity index (χ0) is 10.0. The smallest absolute Gasteiger partial charge is 0.258 e. The minimum Gasteiger partial charge on any atom is -0.258 e. The standard InChI is InChI=1S/C12H22NO/c1-2-9-13(10-5-8-12(13)14)11-6-3-4-7-11/h11H,2-10H2,1H3/q+1. The van der Waals surface area contributed by atoms with Crippen LogP contribution in [0.4, 0.5) is 0 Å². The summed E-state index contributed by atoms with van der Waals surface area (Å²) in [5.41, 5.74) is 0. The van der Waals surface area contributed by atoms with Gasteiger partial charge in [0.2, 0.25) is 0 Å². The quantitative estimate of drug-likeness (QED) is 0.634. The molecule has 2 aliphatic rings. The highest BCUT2D eigenvalue weighted by atomic mass is 16.2. The fourth-order valence-corrected chi connectivity index (χ4v) is 3.46. The molecule has 1 unspecified atom stereocenters. The molecular formula is C12H22NO+. The van der Waals surface area contributed by atoms with Crippen LogP contribution in [0.1, 0.15) is 51.9 Å². The summed E-state index contributed by atoms with van der Waals surface area (Å²) in [6.07, 6.45) is 8.43. The lowest BCUT2D eigenvalue weighted by Gasteiger charge is -2.37. The predicted octanol–water partition coefficient (Wildman–Crippen LogP) is 2.48. The molecular weight excluding hydrogens is 174 g/mol. The molecule has 0 aromatic carbocycles. The van der Waals surface area contributed by atoms with Gasteiger partial charge in [-0.25, -0.2) is 4.79 Å². The van der Waals surface area contributed by atoms with E-state index < -0.39 is 0 Å². The highest BCUT2D eigenvalue weighted by Gasteiger charge is 2.47. The third-order valence-corrected chi connectivity index (χ3v) is 4.09. The summed E-state index contributed by atoms with van der Waals surface area (Å²) in [4.78, 5) is 12.0. The summed E-state index contributed by atoms with van der Waals surface area (Å²) in [6.45, 7) is 4.45. The molecule has 1 aliphatic carbocycles. The Hall–Kier alpha value is -0.370. The van der Waals surface area contributed by atoms with Crippen molar-refractivity contribution in [1.82, 2.24) is 0 Å². The first kappa shape index (κ1) is 10.2. The lowest BCUT2D eigenvalue weighted by atomic mass is 10.1. The number of hydrogen-bond donors (Lipinski definition) is 0. The van der Waals surface area contributed by atoms with Crippen molar-refractivity contribution in [2.75, 3.05) is 13.1 Å². The van der Waals surface area contributed by atoms with Crippen LogP contribution in [0.5, 0.6) is 0 Å². The number of likely N-dealkylation sites (tertiary alicyclic amines) is 1. The maximum Gasteiger partial charge on any atom is 0.314 e. The van der Waals surface area contributed by atoms with Crippen molar-refractivity contribution in [3.63, 3.8) is 0 Å². The van der Waals surface area contributed by atoms with Crippen molar-refractivity contribution in [2.24, 2.45) is 0 Å². The fraction of sp³-hybridized carbons (Fsp3) is 0.917. The maximum absolute atomic E-state index is 12.0. The average Bonchev–Trinajstić information content (AvgIpc) is 2.77. The van der Waals surface area contributed by atoms with Gasteiger partial charge in [-0.1, -0.05) is 6.92 Å². The molecule has 0 spiro atoms. The van der Waals surface area contributed by atoms with Gasteiger partial charge in [-0.2, -0.15) is 0 Å².